The second kappa shape index (κ2) is 5.14. The number of carboxylic acids is 1. The van der Waals surface area contributed by atoms with Crippen molar-refractivity contribution in [3.8, 4) is 0 Å². The van der Waals surface area contributed by atoms with E-state index in [0.717, 1.165) is 12.8 Å². The molecule has 0 aromatic carbocycles. The van der Waals surface area contributed by atoms with Crippen LogP contribution < -0.4 is 5.32 Å². The van der Waals surface area contributed by atoms with Gasteiger partial charge in [-0.25, -0.2) is 4.79 Å². The van der Waals surface area contributed by atoms with Gasteiger partial charge in [-0.15, -0.1) is 0 Å². The molecule has 0 bridgehead atoms. The summed E-state index contributed by atoms with van der Waals surface area (Å²) in [7, 11) is 0. The summed E-state index contributed by atoms with van der Waals surface area (Å²) in [5.74, 6) is -2.87. The van der Waals surface area contributed by atoms with Crippen LogP contribution in [0.4, 0.5) is 13.2 Å². The van der Waals surface area contributed by atoms with Gasteiger partial charge < -0.3 is 14.9 Å². The number of hydrogen-bond acceptors (Lipinski definition) is 4. The highest BCUT2D eigenvalue weighted by molar-refractivity contribution is 5.94. The van der Waals surface area contributed by atoms with Crippen LogP contribution in [0, 0.1) is 0 Å². The van der Waals surface area contributed by atoms with E-state index in [1.54, 1.807) is 5.32 Å². The summed E-state index contributed by atoms with van der Waals surface area (Å²) in [6.07, 6.45) is -4.52. The van der Waals surface area contributed by atoms with Crippen LogP contribution in [0.25, 0.3) is 0 Å². The van der Waals surface area contributed by atoms with Crippen molar-refractivity contribution in [1.29, 1.82) is 0 Å². The molecular weight excluding hydrogens is 281 g/mol. The van der Waals surface area contributed by atoms with Crippen LogP contribution in [-0.4, -0.2) is 34.4 Å². The maximum atomic E-state index is 12.2. The molecule has 1 aromatic rings. The van der Waals surface area contributed by atoms with Crippen LogP contribution >= 0.6 is 0 Å². The average molecular weight is 292 g/mol. The van der Waals surface area contributed by atoms with E-state index in [4.69, 9.17) is 9.63 Å². The first-order chi connectivity index (χ1) is 9.26. The fourth-order valence-electron chi connectivity index (χ4n) is 1.63. The molecule has 0 aliphatic heterocycles. The van der Waals surface area contributed by atoms with Gasteiger partial charge >= 0.3 is 12.1 Å². The van der Waals surface area contributed by atoms with E-state index in [-0.39, 0.29) is 11.7 Å². The molecule has 2 rings (SSSR count). The highest BCUT2D eigenvalue weighted by atomic mass is 19.4. The van der Waals surface area contributed by atoms with Crippen LogP contribution in [-0.2, 0) is 4.79 Å². The van der Waals surface area contributed by atoms with E-state index in [1.807, 2.05) is 0 Å². The summed E-state index contributed by atoms with van der Waals surface area (Å²) in [4.78, 5) is 22.3. The lowest BCUT2D eigenvalue weighted by molar-refractivity contribution is -0.157. The first-order valence-electron chi connectivity index (χ1n) is 5.83. The molecule has 0 radical (unpaired) electrons. The Bertz CT molecular complexity index is 522. The molecule has 0 spiro atoms. The van der Waals surface area contributed by atoms with Crippen molar-refractivity contribution < 1.29 is 32.4 Å². The summed E-state index contributed by atoms with van der Waals surface area (Å²) in [6.45, 7) is 0. The molecule has 1 atom stereocenters. The van der Waals surface area contributed by atoms with Gasteiger partial charge in [0.15, 0.2) is 0 Å². The predicted octanol–water partition coefficient (Wildman–Crippen LogP) is 1.69. The lowest BCUT2D eigenvalue weighted by atomic mass is 10.2. The molecule has 110 valence electrons. The van der Waals surface area contributed by atoms with Gasteiger partial charge in [0.1, 0.15) is 6.04 Å². The number of hydrogen-bond donors (Lipinski definition) is 2. The summed E-state index contributed by atoms with van der Waals surface area (Å²) >= 11 is 0. The number of halogens is 3. The van der Waals surface area contributed by atoms with E-state index < -0.39 is 30.5 Å². The zero-order valence-electron chi connectivity index (χ0n) is 10.1. The number of alkyl halides is 3. The van der Waals surface area contributed by atoms with Gasteiger partial charge in [0.25, 0.3) is 5.91 Å². The molecule has 2 N–H and O–H groups in total. The monoisotopic (exact) mass is 292 g/mol. The van der Waals surface area contributed by atoms with Crippen LogP contribution in [0.1, 0.15) is 41.4 Å². The first-order valence-corrected chi connectivity index (χ1v) is 5.83. The molecule has 1 aliphatic carbocycles. The minimum absolute atomic E-state index is 0.214. The number of carbonyl (C=O) groups excluding carboxylic acids is 1. The number of nitrogens with zero attached hydrogens (tertiary/aromatic N) is 1. The lowest BCUT2D eigenvalue weighted by Crippen LogP contribution is -2.43. The largest absolute Gasteiger partial charge is 0.480 e. The average Bonchev–Trinajstić information content (AvgIpc) is 3.04. The highest BCUT2D eigenvalue weighted by Crippen LogP contribution is 2.39. The fourth-order valence-corrected chi connectivity index (χ4v) is 1.63. The Balaban J connectivity index is 2.01. The summed E-state index contributed by atoms with van der Waals surface area (Å²) in [6, 6.07) is -0.739. The number of aliphatic carboxylic acids is 1. The SMILES string of the molecule is O=C(NC(CC(F)(F)F)C(=O)O)c1cc(C2CC2)no1. The number of carboxylic acid groups (broad SMARTS) is 1. The summed E-state index contributed by atoms with van der Waals surface area (Å²) in [5.41, 5.74) is 0.554. The molecule has 0 saturated heterocycles. The second-order valence-electron chi connectivity index (χ2n) is 4.57. The van der Waals surface area contributed by atoms with E-state index in [9.17, 15) is 22.8 Å². The number of amides is 1. The van der Waals surface area contributed by atoms with Crippen molar-refractivity contribution in [2.24, 2.45) is 0 Å². The van der Waals surface area contributed by atoms with Crippen LogP contribution in [0.2, 0.25) is 0 Å². The smallest absolute Gasteiger partial charge is 0.391 e. The first kappa shape index (κ1) is 14.4. The molecule has 6 nitrogen and oxygen atoms in total. The fraction of sp³-hybridized carbons (Fsp3) is 0.545. The molecule has 1 unspecified atom stereocenters. The van der Waals surface area contributed by atoms with Crippen molar-refractivity contribution in [3.05, 3.63) is 17.5 Å². The Hall–Kier alpha value is -2.06. The molecule has 1 fully saturated rings. The third-order valence-electron chi connectivity index (χ3n) is 2.79. The summed E-state index contributed by atoms with van der Waals surface area (Å²) in [5, 5.41) is 14.1. The van der Waals surface area contributed by atoms with Crippen molar-refractivity contribution in [1.82, 2.24) is 10.5 Å². The predicted molar refractivity (Wildman–Crippen MR) is 58.0 cm³/mol. The molecule has 1 amide bonds. The van der Waals surface area contributed by atoms with Crippen LogP contribution in [0.3, 0.4) is 0 Å². The van der Waals surface area contributed by atoms with Crippen molar-refractivity contribution in [2.45, 2.75) is 37.4 Å². The zero-order valence-corrected chi connectivity index (χ0v) is 10.1. The quantitative estimate of drug-likeness (QED) is 0.861. The Morgan fingerprint density at radius 3 is 2.65 bits per heavy atom. The number of rotatable bonds is 5. The van der Waals surface area contributed by atoms with Crippen LogP contribution in [0.15, 0.2) is 10.6 Å². The van der Waals surface area contributed by atoms with E-state index in [1.165, 1.54) is 6.07 Å². The van der Waals surface area contributed by atoms with Gasteiger partial charge in [0, 0.05) is 12.0 Å². The topological polar surface area (TPSA) is 92.4 Å². The Labute approximate surface area is 110 Å². The Kier molecular flexibility index (Phi) is 3.69. The molecular formula is C11H11F3N2O4. The third-order valence-corrected chi connectivity index (χ3v) is 2.79. The molecule has 1 heterocycles. The third kappa shape index (κ3) is 3.72. The van der Waals surface area contributed by atoms with E-state index >= 15 is 0 Å². The molecule has 1 aromatic heterocycles. The minimum Gasteiger partial charge on any atom is -0.480 e. The van der Waals surface area contributed by atoms with Gasteiger partial charge in [-0.1, -0.05) is 5.16 Å². The minimum atomic E-state index is -4.70. The lowest BCUT2D eigenvalue weighted by Gasteiger charge is -2.15. The van der Waals surface area contributed by atoms with Gasteiger partial charge in [0.05, 0.1) is 12.1 Å². The van der Waals surface area contributed by atoms with Crippen molar-refractivity contribution in [3.63, 3.8) is 0 Å². The summed E-state index contributed by atoms with van der Waals surface area (Å²) < 4.78 is 41.3. The molecule has 9 heteroatoms. The van der Waals surface area contributed by atoms with Crippen molar-refractivity contribution >= 4 is 11.9 Å². The molecule has 1 aliphatic rings. The Morgan fingerprint density at radius 1 is 1.50 bits per heavy atom. The highest BCUT2D eigenvalue weighted by Gasteiger charge is 2.37. The van der Waals surface area contributed by atoms with Gasteiger partial charge in [-0.2, -0.15) is 13.2 Å². The number of carbonyl (C=O) groups is 2. The van der Waals surface area contributed by atoms with E-state index in [2.05, 4.69) is 5.16 Å². The number of nitrogens with one attached hydrogen (secondary N) is 1. The van der Waals surface area contributed by atoms with Gasteiger partial charge in [-0.3, -0.25) is 4.79 Å². The maximum Gasteiger partial charge on any atom is 0.391 e. The normalized spacial score (nSPS) is 16.8. The second-order valence-corrected chi connectivity index (χ2v) is 4.57. The van der Waals surface area contributed by atoms with Gasteiger partial charge in [-0.05, 0) is 12.8 Å². The van der Waals surface area contributed by atoms with E-state index in [0.29, 0.717) is 5.69 Å². The Morgan fingerprint density at radius 2 is 2.15 bits per heavy atom. The zero-order chi connectivity index (χ0) is 14.9. The van der Waals surface area contributed by atoms with Gasteiger partial charge in [0.2, 0.25) is 5.76 Å². The molecule has 20 heavy (non-hydrogen) atoms. The van der Waals surface area contributed by atoms with Crippen LogP contribution in [0.5, 0.6) is 0 Å². The number of aromatic nitrogens is 1. The van der Waals surface area contributed by atoms with Crippen molar-refractivity contribution in [2.75, 3.05) is 0 Å². The standard InChI is InChI=1S/C11H11F3N2O4/c12-11(13,14)4-7(10(18)19)15-9(17)8-3-6(16-20-8)5-1-2-5/h3,5,7H,1-2,4H2,(H,15,17)(H,18,19). The molecule has 1 saturated carbocycles. The maximum absolute atomic E-state index is 12.2.